The van der Waals surface area contributed by atoms with Gasteiger partial charge in [0.25, 0.3) is 0 Å². The predicted octanol–water partition coefficient (Wildman–Crippen LogP) is 1.87. The topological polar surface area (TPSA) is 76.0 Å². The van der Waals surface area contributed by atoms with Crippen LogP contribution in [-0.4, -0.2) is 22.5 Å². The Morgan fingerprint density at radius 1 is 1.38 bits per heavy atom. The lowest BCUT2D eigenvalue weighted by molar-refractivity contribution is 0.101. The van der Waals surface area contributed by atoms with Gasteiger partial charge >= 0.3 is 7.82 Å². The number of benzene rings is 1. The van der Waals surface area contributed by atoms with Gasteiger partial charge in [-0.25, -0.2) is 4.57 Å². The number of phosphoric acid groups is 1. The minimum Gasteiger partial charge on any atom is -0.491 e. The maximum atomic E-state index is 10.5. The second-order valence-electron chi connectivity index (χ2n) is 3.48. The van der Waals surface area contributed by atoms with Gasteiger partial charge in [0.1, 0.15) is 18.5 Å². The highest BCUT2D eigenvalue weighted by Crippen LogP contribution is 2.37. The molecule has 90 valence electrons. The van der Waals surface area contributed by atoms with Gasteiger partial charge in [-0.15, -0.1) is 0 Å². The van der Waals surface area contributed by atoms with E-state index < -0.39 is 13.9 Å². The Kier molecular flexibility index (Phi) is 4.50. The van der Waals surface area contributed by atoms with Crippen LogP contribution in [-0.2, 0) is 9.09 Å². The number of para-hydroxylation sites is 1. The van der Waals surface area contributed by atoms with Gasteiger partial charge in [-0.1, -0.05) is 18.2 Å². The van der Waals surface area contributed by atoms with Crippen molar-refractivity contribution in [1.29, 1.82) is 0 Å². The normalized spacial score (nSPS) is 13.5. The van der Waals surface area contributed by atoms with E-state index in [0.717, 1.165) is 5.56 Å². The zero-order chi connectivity index (χ0) is 12.2. The molecule has 1 aromatic carbocycles. The highest BCUT2D eigenvalue weighted by atomic mass is 31.2. The molecule has 0 radical (unpaired) electrons. The summed E-state index contributed by atoms with van der Waals surface area (Å²) in [7, 11) is -4.43. The molecule has 0 amide bonds. The van der Waals surface area contributed by atoms with Crippen molar-refractivity contribution in [3.05, 3.63) is 29.8 Å². The number of phosphoric ester groups is 1. The Hall–Kier alpha value is -0.870. The van der Waals surface area contributed by atoms with Crippen LogP contribution < -0.4 is 4.74 Å². The summed E-state index contributed by atoms with van der Waals surface area (Å²) in [6.07, 6.45) is -0.666. The molecule has 1 atom stereocenters. The molecule has 0 saturated carbocycles. The molecule has 2 N–H and O–H groups in total. The van der Waals surface area contributed by atoms with E-state index in [2.05, 4.69) is 4.52 Å². The molecule has 0 aromatic heterocycles. The smallest absolute Gasteiger partial charge is 0.469 e. The first-order valence-corrected chi connectivity index (χ1v) is 6.34. The summed E-state index contributed by atoms with van der Waals surface area (Å²) in [5.41, 5.74) is 0.964. The van der Waals surface area contributed by atoms with Gasteiger partial charge in [-0.05, 0) is 25.5 Å². The summed E-state index contributed by atoms with van der Waals surface area (Å²) in [6, 6.07) is 7.40. The molecule has 0 bridgehead atoms. The first-order chi connectivity index (χ1) is 7.38. The second kappa shape index (κ2) is 5.46. The number of rotatable bonds is 5. The molecule has 0 heterocycles. The molecule has 0 spiro atoms. The largest absolute Gasteiger partial charge is 0.491 e. The van der Waals surface area contributed by atoms with Gasteiger partial charge in [0.2, 0.25) is 0 Å². The van der Waals surface area contributed by atoms with E-state index in [1.54, 1.807) is 6.07 Å². The van der Waals surface area contributed by atoms with Crippen molar-refractivity contribution in [2.75, 3.05) is 6.61 Å². The van der Waals surface area contributed by atoms with E-state index in [1.165, 1.54) is 6.92 Å². The van der Waals surface area contributed by atoms with E-state index >= 15 is 0 Å². The van der Waals surface area contributed by atoms with Crippen molar-refractivity contribution < 1.29 is 23.6 Å². The molecule has 6 heteroatoms. The third kappa shape index (κ3) is 4.77. The molecule has 1 rings (SSSR count). The monoisotopic (exact) mass is 246 g/mol. The number of hydrogen-bond acceptors (Lipinski definition) is 3. The highest BCUT2D eigenvalue weighted by molar-refractivity contribution is 7.46. The zero-order valence-corrected chi connectivity index (χ0v) is 10.1. The Morgan fingerprint density at radius 3 is 2.56 bits per heavy atom. The van der Waals surface area contributed by atoms with E-state index in [-0.39, 0.29) is 6.61 Å². The molecule has 1 unspecified atom stereocenters. The Balaban J connectivity index is 2.46. The fourth-order valence-electron chi connectivity index (χ4n) is 1.19. The Labute approximate surface area is 94.3 Å². The third-order valence-corrected chi connectivity index (χ3v) is 2.52. The van der Waals surface area contributed by atoms with Crippen LogP contribution in [0.3, 0.4) is 0 Å². The lowest BCUT2D eigenvalue weighted by Gasteiger charge is -2.15. The molecule has 0 aliphatic rings. The minimum absolute atomic E-state index is 0.0932. The fraction of sp³-hybridized carbons (Fsp3) is 0.400. The summed E-state index contributed by atoms with van der Waals surface area (Å²) in [6.45, 7) is 3.52. The van der Waals surface area contributed by atoms with Gasteiger partial charge < -0.3 is 14.5 Å². The molecule has 0 fully saturated rings. The van der Waals surface area contributed by atoms with E-state index in [1.807, 2.05) is 25.1 Å². The Bertz CT molecular complexity index is 387. The lowest BCUT2D eigenvalue weighted by Crippen LogP contribution is -2.17. The van der Waals surface area contributed by atoms with Gasteiger partial charge in [0.15, 0.2) is 0 Å². The van der Waals surface area contributed by atoms with Crippen molar-refractivity contribution in [1.82, 2.24) is 0 Å². The summed E-state index contributed by atoms with van der Waals surface area (Å²) in [5.74, 6) is 0.684. The van der Waals surface area contributed by atoms with Gasteiger partial charge in [0, 0.05) is 0 Å². The first-order valence-electron chi connectivity index (χ1n) is 4.81. The lowest BCUT2D eigenvalue weighted by atomic mass is 10.2. The number of ether oxygens (including phenoxy) is 1. The molecule has 0 aliphatic carbocycles. The molecule has 1 aromatic rings. The van der Waals surface area contributed by atoms with Gasteiger partial charge in [-0.3, -0.25) is 4.52 Å². The van der Waals surface area contributed by atoms with Crippen molar-refractivity contribution in [3.8, 4) is 5.75 Å². The van der Waals surface area contributed by atoms with E-state index in [4.69, 9.17) is 14.5 Å². The third-order valence-electron chi connectivity index (χ3n) is 1.88. The molecule has 0 aliphatic heterocycles. The number of hydrogen-bond donors (Lipinski definition) is 2. The van der Waals surface area contributed by atoms with Gasteiger partial charge in [-0.2, -0.15) is 0 Å². The maximum absolute atomic E-state index is 10.5. The summed E-state index contributed by atoms with van der Waals surface area (Å²) in [5, 5.41) is 0. The Morgan fingerprint density at radius 2 is 2.00 bits per heavy atom. The van der Waals surface area contributed by atoms with Crippen LogP contribution in [0.15, 0.2) is 24.3 Å². The molecule has 16 heavy (non-hydrogen) atoms. The zero-order valence-electron chi connectivity index (χ0n) is 9.16. The van der Waals surface area contributed by atoms with Crippen LogP contribution in [0.5, 0.6) is 5.75 Å². The van der Waals surface area contributed by atoms with Gasteiger partial charge in [0.05, 0.1) is 0 Å². The quantitative estimate of drug-likeness (QED) is 0.775. The molecule has 5 nitrogen and oxygen atoms in total. The molecular weight excluding hydrogens is 231 g/mol. The predicted molar refractivity (Wildman–Crippen MR) is 59.3 cm³/mol. The number of aryl methyl sites for hydroxylation is 1. The van der Waals surface area contributed by atoms with Crippen molar-refractivity contribution >= 4 is 7.82 Å². The summed E-state index contributed by atoms with van der Waals surface area (Å²) in [4.78, 5) is 17.1. The van der Waals surface area contributed by atoms with E-state index in [9.17, 15) is 4.57 Å². The van der Waals surface area contributed by atoms with Crippen LogP contribution in [0.2, 0.25) is 0 Å². The average molecular weight is 246 g/mol. The molecular formula is C10H15O5P. The van der Waals surface area contributed by atoms with Crippen LogP contribution in [0.4, 0.5) is 0 Å². The summed E-state index contributed by atoms with van der Waals surface area (Å²) >= 11 is 0. The minimum atomic E-state index is -4.43. The van der Waals surface area contributed by atoms with Crippen LogP contribution >= 0.6 is 7.82 Å². The highest BCUT2D eigenvalue weighted by Gasteiger charge is 2.19. The first kappa shape index (κ1) is 13.2. The average Bonchev–Trinajstić information content (AvgIpc) is 2.14. The summed E-state index contributed by atoms with van der Waals surface area (Å²) < 4.78 is 20.4. The molecule has 0 saturated heterocycles. The van der Waals surface area contributed by atoms with E-state index in [0.29, 0.717) is 5.75 Å². The van der Waals surface area contributed by atoms with Crippen molar-refractivity contribution in [3.63, 3.8) is 0 Å². The SMILES string of the molecule is Cc1ccccc1OCC(C)OP(=O)(O)O. The van der Waals surface area contributed by atoms with Crippen molar-refractivity contribution in [2.45, 2.75) is 20.0 Å². The van der Waals surface area contributed by atoms with Crippen LogP contribution in [0.1, 0.15) is 12.5 Å². The standard InChI is InChI=1S/C10H15O5P/c1-8-5-3-4-6-10(8)14-7-9(2)15-16(11,12)13/h3-6,9H,7H2,1-2H3,(H2,11,12,13). The van der Waals surface area contributed by atoms with Crippen LogP contribution in [0, 0.1) is 6.92 Å². The maximum Gasteiger partial charge on any atom is 0.469 e. The fourth-order valence-corrected chi connectivity index (χ4v) is 1.72. The van der Waals surface area contributed by atoms with Crippen LogP contribution in [0.25, 0.3) is 0 Å². The van der Waals surface area contributed by atoms with Crippen molar-refractivity contribution in [2.24, 2.45) is 0 Å². The second-order valence-corrected chi connectivity index (χ2v) is 4.68.